The third kappa shape index (κ3) is 2.34. The van der Waals surface area contributed by atoms with Crippen LogP contribution < -0.4 is 0 Å². The Hall–Kier alpha value is -0.0106. The molecule has 0 aliphatic carbocycles. The summed E-state index contributed by atoms with van der Waals surface area (Å²) in [7, 11) is 0. The summed E-state index contributed by atoms with van der Waals surface area (Å²) in [4.78, 5) is 20.7. The number of carbonyl (C=O) groups is 2. The van der Waals surface area contributed by atoms with E-state index in [-0.39, 0.29) is 11.6 Å². The van der Waals surface area contributed by atoms with Gasteiger partial charge >= 0.3 is 58.3 Å². The van der Waals surface area contributed by atoms with Gasteiger partial charge in [0.1, 0.15) is 0 Å². The van der Waals surface area contributed by atoms with Gasteiger partial charge in [-0.15, -0.1) is 0 Å². The molecular formula is C5H7IrO2. The van der Waals surface area contributed by atoms with E-state index in [1.54, 1.807) is 18.9 Å². The van der Waals surface area contributed by atoms with Crippen LogP contribution in [0, 0.1) is 0 Å². The Balaban J connectivity index is 3.83. The molecule has 0 spiro atoms. The van der Waals surface area contributed by atoms with Gasteiger partial charge in [0.2, 0.25) is 0 Å². The van der Waals surface area contributed by atoms with Crippen molar-refractivity contribution in [3.8, 4) is 0 Å². The number of carbonyl (C=O) groups excluding carboxylic acids is 2. The first-order valence-electron chi connectivity index (χ1n) is 2.18. The Morgan fingerprint density at radius 2 is 1.50 bits per heavy atom. The second-order valence-corrected chi connectivity index (χ2v) is 2.94. The van der Waals surface area contributed by atoms with Gasteiger partial charge in [0.05, 0.1) is 0 Å². The molecule has 2 nitrogen and oxygen atoms in total. The van der Waals surface area contributed by atoms with Crippen LogP contribution in [0.2, 0.25) is 4.43 Å². The molecule has 0 saturated carbocycles. The molecule has 0 radical (unpaired) electrons. The molecule has 0 aromatic carbocycles. The van der Waals surface area contributed by atoms with Gasteiger partial charge in [-0.3, -0.25) is 0 Å². The molecule has 0 rings (SSSR count). The number of hydrogen-bond acceptors (Lipinski definition) is 2. The minimum atomic E-state index is -0.407. The van der Waals surface area contributed by atoms with E-state index in [0.29, 0.717) is 0 Å². The monoisotopic (exact) mass is 292 g/mol. The van der Waals surface area contributed by atoms with Crippen molar-refractivity contribution >= 4 is 11.6 Å². The molecule has 0 aliphatic rings. The molecule has 0 atom stereocenters. The summed E-state index contributed by atoms with van der Waals surface area (Å²) in [6.45, 7) is 2.85. The van der Waals surface area contributed by atoms with Crippen molar-refractivity contribution in [3.63, 3.8) is 0 Å². The first-order valence-corrected chi connectivity index (χ1v) is 3.56. The summed E-state index contributed by atoms with van der Waals surface area (Å²) < 4.78 is -0.407. The summed E-state index contributed by atoms with van der Waals surface area (Å²) in [5, 5.41) is 0. The van der Waals surface area contributed by atoms with Crippen molar-refractivity contribution < 1.29 is 28.5 Å². The second-order valence-electron chi connectivity index (χ2n) is 1.56. The first kappa shape index (κ1) is 7.99. The summed E-state index contributed by atoms with van der Waals surface area (Å²) in [5.41, 5.74) is 0. The van der Waals surface area contributed by atoms with E-state index in [4.69, 9.17) is 0 Å². The molecule has 0 bridgehead atoms. The number of ketones is 2. The third-order valence-electron chi connectivity index (χ3n) is 0.678. The zero-order chi connectivity index (χ0) is 6.73. The van der Waals surface area contributed by atoms with Crippen molar-refractivity contribution in [1.29, 1.82) is 0 Å². The van der Waals surface area contributed by atoms with Gasteiger partial charge in [-0.05, 0) is 0 Å². The average Bonchev–Trinajstić information content (AvgIpc) is 1.64. The molecular weight excluding hydrogens is 284 g/mol. The van der Waals surface area contributed by atoms with Crippen molar-refractivity contribution in [2.24, 2.45) is 0 Å². The predicted molar refractivity (Wildman–Crippen MR) is 25.1 cm³/mol. The molecule has 8 heavy (non-hydrogen) atoms. The Morgan fingerprint density at radius 3 is 1.50 bits per heavy atom. The van der Waals surface area contributed by atoms with E-state index in [1.165, 1.54) is 13.8 Å². The minimum absolute atomic E-state index is 0.0579. The molecule has 0 saturated heterocycles. The maximum atomic E-state index is 10.4. The fourth-order valence-corrected chi connectivity index (χ4v) is 0.286. The quantitative estimate of drug-likeness (QED) is 0.694. The fraction of sp³-hybridized carbons (Fsp3) is 0.600. The van der Waals surface area contributed by atoms with Gasteiger partial charge in [0, 0.05) is 0 Å². The molecule has 0 aromatic rings. The van der Waals surface area contributed by atoms with Crippen molar-refractivity contribution in [2.45, 2.75) is 18.3 Å². The van der Waals surface area contributed by atoms with Crippen LogP contribution in [0.5, 0.6) is 0 Å². The van der Waals surface area contributed by atoms with Crippen molar-refractivity contribution in [1.82, 2.24) is 0 Å². The molecule has 0 amide bonds. The van der Waals surface area contributed by atoms with Gasteiger partial charge in [0.15, 0.2) is 0 Å². The summed E-state index contributed by atoms with van der Waals surface area (Å²) in [5.74, 6) is -0.116. The van der Waals surface area contributed by atoms with E-state index >= 15 is 0 Å². The number of rotatable bonds is 2. The van der Waals surface area contributed by atoms with Crippen LogP contribution >= 0.6 is 0 Å². The zero-order valence-electron chi connectivity index (χ0n) is 4.73. The van der Waals surface area contributed by atoms with Crippen LogP contribution in [0.4, 0.5) is 0 Å². The average molecular weight is 291 g/mol. The predicted octanol–water partition coefficient (Wildman–Crippen LogP) is 0.500. The molecule has 3 heteroatoms. The van der Waals surface area contributed by atoms with E-state index < -0.39 is 4.43 Å². The molecule has 0 aromatic heterocycles. The van der Waals surface area contributed by atoms with Gasteiger partial charge in [-0.2, -0.15) is 0 Å². The standard InChI is InChI=1S/C5H7O2.Ir/c1-4(6)3-5(2)7;/h3H,1-2H3;. The Labute approximate surface area is 58.8 Å². The van der Waals surface area contributed by atoms with E-state index in [1.807, 2.05) is 0 Å². The van der Waals surface area contributed by atoms with Crippen LogP contribution in [0.15, 0.2) is 0 Å². The molecule has 0 aliphatic heterocycles. The topological polar surface area (TPSA) is 34.1 Å². The van der Waals surface area contributed by atoms with E-state index in [2.05, 4.69) is 0 Å². The number of hydrogen-bond donors (Lipinski definition) is 0. The fourth-order valence-electron chi connectivity index (χ4n) is 0.286. The van der Waals surface area contributed by atoms with Gasteiger partial charge in [0.25, 0.3) is 0 Å². The van der Waals surface area contributed by atoms with Gasteiger partial charge in [-0.25, -0.2) is 0 Å². The summed E-state index contributed by atoms with van der Waals surface area (Å²) in [6.07, 6.45) is 0. The second kappa shape index (κ2) is 3.10. The van der Waals surface area contributed by atoms with Crippen LogP contribution in [0.3, 0.4) is 0 Å². The number of Topliss-reactive ketones (excluding diaryl/α,β-unsaturated/α-hetero) is 2. The van der Waals surface area contributed by atoms with Crippen LogP contribution in [-0.2, 0) is 28.5 Å². The Kier molecular flexibility index (Phi) is 3.10. The molecule has 0 N–H and O–H groups in total. The SMILES string of the molecule is CC(=O)[CH]([Ir])C(C)=O. The van der Waals surface area contributed by atoms with Crippen molar-refractivity contribution in [2.75, 3.05) is 0 Å². The van der Waals surface area contributed by atoms with Crippen molar-refractivity contribution in [3.05, 3.63) is 0 Å². The van der Waals surface area contributed by atoms with Gasteiger partial charge in [-0.1, -0.05) is 0 Å². The Bertz CT molecular complexity index is 106. The third-order valence-corrected chi connectivity index (χ3v) is 2.62. The first-order chi connectivity index (χ1) is 3.55. The molecule has 0 heterocycles. The normalized spacial score (nSPS) is 9.62. The molecule has 48 valence electrons. The van der Waals surface area contributed by atoms with Crippen LogP contribution in [-0.4, -0.2) is 11.6 Å². The maximum absolute atomic E-state index is 10.4. The van der Waals surface area contributed by atoms with Gasteiger partial charge < -0.3 is 0 Å². The Morgan fingerprint density at radius 1 is 1.25 bits per heavy atom. The van der Waals surface area contributed by atoms with E-state index in [9.17, 15) is 9.59 Å². The zero-order valence-corrected chi connectivity index (χ0v) is 7.12. The summed E-state index contributed by atoms with van der Waals surface area (Å²) in [6, 6.07) is 0. The van der Waals surface area contributed by atoms with E-state index in [0.717, 1.165) is 0 Å². The molecule has 0 unspecified atom stereocenters. The molecule has 0 fully saturated rings. The summed E-state index contributed by atoms with van der Waals surface area (Å²) >= 11 is 1.62. The van der Waals surface area contributed by atoms with Crippen LogP contribution in [0.1, 0.15) is 13.8 Å². The van der Waals surface area contributed by atoms with Crippen LogP contribution in [0.25, 0.3) is 0 Å².